The van der Waals surface area contributed by atoms with E-state index in [9.17, 15) is 13.2 Å². The number of nitrogens with one attached hydrogen (secondary N) is 1. The first-order valence-corrected chi connectivity index (χ1v) is 9.66. The van der Waals surface area contributed by atoms with Crippen LogP contribution in [0.5, 0.6) is 0 Å². The molecule has 1 atom stereocenters. The minimum absolute atomic E-state index is 0.00239. The standard InChI is InChI=1S/C17H18N4O5S/c1-11(12-4-2-5-13(10-12)27(18,23)24)19-15(22)7-8-16-20-17(21-26-16)14-6-3-9-25-14/h2-6,9-11H,7-8H2,1H3,(H,19,22)(H2,18,23,24). The third-order valence-electron chi connectivity index (χ3n) is 3.84. The molecule has 3 rings (SSSR count). The lowest BCUT2D eigenvalue weighted by atomic mass is 10.1. The predicted octanol–water partition coefficient (Wildman–Crippen LogP) is 1.79. The van der Waals surface area contributed by atoms with Gasteiger partial charge in [0.2, 0.25) is 27.6 Å². The molecule has 10 heteroatoms. The Hall–Kier alpha value is -2.98. The van der Waals surface area contributed by atoms with Crippen molar-refractivity contribution in [3.63, 3.8) is 0 Å². The largest absolute Gasteiger partial charge is 0.461 e. The zero-order chi connectivity index (χ0) is 19.4. The molecule has 0 aliphatic carbocycles. The second kappa shape index (κ2) is 7.72. The molecule has 1 unspecified atom stereocenters. The first-order valence-electron chi connectivity index (χ1n) is 8.11. The Bertz CT molecular complexity index is 1030. The molecular formula is C17H18N4O5S. The molecule has 0 bridgehead atoms. The van der Waals surface area contributed by atoms with E-state index in [4.69, 9.17) is 14.1 Å². The molecule has 0 saturated carbocycles. The maximum absolute atomic E-state index is 12.2. The minimum Gasteiger partial charge on any atom is -0.461 e. The van der Waals surface area contributed by atoms with Gasteiger partial charge in [0.25, 0.3) is 0 Å². The van der Waals surface area contributed by atoms with Crippen LogP contribution in [0.25, 0.3) is 11.6 Å². The lowest BCUT2D eigenvalue weighted by molar-refractivity contribution is -0.121. The molecule has 9 nitrogen and oxygen atoms in total. The topological polar surface area (TPSA) is 141 Å². The van der Waals surface area contributed by atoms with Gasteiger partial charge in [-0.1, -0.05) is 17.3 Å². The van der Waals surface area contributed by atoms with E-state index in [0.29, 0.717) is 23.0 Å². The molecule has 0 aliphatic heterocycles. The summed E-state index contributed by atoms with van der Waals surface area (Å²) in [5, 5.41) is 11.7. The van der Waals surface area contributed by atoms with Crippen LogP contribution in [0.3, 0.4) is 0 Å². The highest BCUT2D eigenvalue weighted by Crippen LogP contribution is 2.18. The van der Waals surface area contributed by atoms with Crippen molar-refractivity contribution in [1.29, 1.82) is 0 Å². The summed E-state index contributed by atoms with van der Waals surface area (Å²) in [7, 11) is -3.80. The highest BCUT2D eigenvalue weighted by atomic mass is 32.2. The minimum atomic E-state index is -3.80. The first-order chi connectivity index (χ1) is 12.8. The number of rotatable bonds is 7. The van der Waals surface area contributed by atoms with Crippen molar-refractivity contribution in [3.05, 3.63) is 54.1 Å². The maximum atomic E-state index is 12.2. The number of sulfonamides is 1. The molecule has 0 radical (unpaired) electrons. The highest BCUT2D eigenvalue weighted by Gasteiger charge is 2.15. The second-order valence-electron chi connectivity index (χ2n) is 5.90. The van der Waals surface area contributed by atoms with Gasteiger partial charge >= 0.3 is 0 Å². The van der Waals surface area contributed by atoms with E-state index >= 15 is 0 Å². The Balaban J connectivity index is 1.56. The summed E-state index contributed by atoms with van der Waals surface area (Å²) in [4.78, 5) is 16.3. The molecule has 3 N–H and O–H groups in total. The van der Waals surface area contributed by atoms with E-state index in [1.807, 2.05) is 0 Å². The molecule has 0 saturated heterocycles. The van der Waals surface area contributed by atoms with Crippen molar-refractivity contribution in [2.75, 3.05) is 0 Å². The Morgan fingerprint density at radius 3 is 2.81 bits per heavy atom. The van der Waals surface area contributed by atoms with Gasteiger partial charge in [0.1, 0.15) is 0 Å². The molecule has 27 heavy (non-hydrogen) atoms. The average molecular weight is 390 g/mol. The van der Waals surface area contributed by atoms with Crippen LogP contribution in [0, 0.1) is 0 Å². The summed E-state index contributed by atoms with van der Waals surface area (Å²) < 4.78 is 33.2. The number of amides is 1. The van der Waals surface area contributed by atoms with Gasteiger partial charge in [0.15, 0.2) is 5.76 Å². The summed E-state index contributed by atoms with van der Waals surface area (Å²) in [6.07, 6.45) is 1.91. The number of nitrogens with zero attached hydrogens (tertiary/aromatic N) is 2. The fourth-order valence-electron chi connectivity index (χ4n) is 2.44. The molecule has 1 aromatic carbocycles. The highest BCUT2D eigenvalue weighted by molar-refractivity contribution is 7.89. The molecule has 0 fully saturated rings. The lowest BCUT2D eigenvalue weighted by Gasteiger charge is -2.14. The van der Waals surface area contributed by atoms with Crippen molar-refractivity contribution in [1.82, 2.24) is 15.5 Å². The zero-order valence-electron chi connectivity index (χ0n) is 14.5. The number of hydrogen-bond donors (Lipinski definition) is 2. The lowest BCUT2D eigenvalue weighted by Crippen LogP contribution is -2.27. The Labute approximate surface area is 155 Å². The molecule has 0 aliphatic rings. The van der Waals surface area contributed by atoms with Crippen molar-refractivity contribution in [2.45, 2.75) is 30.7 Å². The van der Waals surface area contributed by atoms with Crippen molar-refractivity contribution in [3.8, 4) is 11.6 Å². The summed E-state index contributed by atoms with van der Waals surface area (Å²) in [5.74, 6) is 0.892. The number of nitrogens with two attached hydrogens (primary N) is 1. The van der Waals surface area contributed by atoms with Gasteiger partial charge in [0.05, 0.1) is 17.2 Å². The summed E-state index contributed by atoms with van der Waals surface area (Å²) in [6, 6.07) is 9.16. The number of aromatic nitrogens is 2. The van der Waals surface area contributed by atoms with Gasteiger partial charge in [-0.25, -0.2) is 13.6 Å². The molecular weight excluding hydrogens is 372 g/mol. The second-order valence-corrected chi connectivity index (χ2v) is 7.46. The summed E-state index contributed by atoms with van der Waals surface area (Å²) in [5.41, 5.74) is 0.632. The number of carbonyl (C=O) groups excluding carboxylic acids is 1. The van der Waals surface area contributed by atoms with E-state index < -0.39 is 10.0 Å². The Kier molecular flexibility index (Phi) is 5.38. The van der Waals surface area contributed by atoms with E-state index in [1.165, 1.54) is 18.4 Å². The van der Waals surface area contributed by atoms with Crippen LogP contribution in [0.1, 0.15) is 30.8 Å². The van der Waals surface area contributed by atoms with Crippen LogP contribution in [0.4, 0.5) is 0 Å². The summed E-state index contributed by atoms with van der Waals surface area (Å²) >= 11 is 0. The van der Waals surface area contributed by atoms with Crippen LogP contribution in [0.2, 0.25) is 0 Å². The predicted molar refractivity (Wildman–Crippen MR) is 94.7 cm³/mol. The van der Waals surface area contributed by atoms with Gasteiger partial charge in [-0.3, -0.25) is 4.79 Å². The normalized spacial score (nSPS) is 12.7. The number of carbonyl (C=O) groups is 1. The quantitative estimate of drug-likeness (QED) is 0.626. The number of hydrogen-bond acceptors (Lipinski definition) is 7. The van der Waals surface area contributed by atoms with Crippen molar-refractivity contribution in [2.24, 2.45) is 5.14 Å². The van der Waals surface area contributed by atoms with Crippen molar-refractivity contribution >= 4 is 15.9 Å². The molecule has 3 aromatic rings. The van der Waals surface area contributed by atoms with Gasteiger partial charge in [0, 0.05) is 12.8 Å². The van der Waals surface area contributed by atoms with Crippen LogP contribution in [-0.4, -0.2) is 24.5 Å². The maximum Gasteiger partial charge on any atom is 0.238 e. The van der Waals surface area contributed by atoms with Gasteiger partial charge in [-0.05, 0) is 36.8 Å². The molecule has 1 amide bonds. The number of benzene rings is 1. The van der Waals surface area contributed by atoms with Gasteiger partial charge < -0.3 is 14.3 Å². The van der Waals surface area contributed by atoms with Crippen molar-refractivity contribution < 1.29 is 22.2 Å². The van der Waals surface area contributed by atoms with Crippen LogP contribution >= 0.6 is 0 Å². The average Bonchev–Trinajstić information content (AvgIpc) is 3.30. The number of primary sulfonamides is 1. The van der Waals surface area contributed by atoms with Crippen LogP contribution in [-0.2, 0) is 21.2 Å². The molecule has 2 aromatic heterocycles. The fourth-order valence-corrected chi connectivity index (χ4v) is 3.01. The van der Waals surface area contributed by atoms with E-state index in [-0.39, 0.29) is 29.7 Å². The monoisotopic (exact) mass is 390 g/mol. The zero-order valence-corrected chi connectivity index (χ0v) is 15.3. The number of aryl methyl sites for hydroxylation is 1. The van der Waals surface area contributed by atoms with Gasteiger partial charge in [-0.2, -0.15) is 4.98 Å². The van der Waals surface area contributed by atoms with E-state index in [2.05, 4.69) is 15.5 Å². The SMILES string of the molecule is CC(NC(=O)CCc1nc(-c2ccco2)no1)c1cccc(S(N)(=O)=O)c1. The molecule has 0 spiro atoms. The third-order valence-corrected chi connectivity index (χ3v) is 4.75. The smallest absolute Gasteiger partial charge is 0.238 e. The van der Waals surface area contributed by atoms with E-state index in [0.717, 1.165) is 0 Å². The third kappa shape index (κ3) is 4.80. The van der Waals surface area contributed by atoms with Crippen LogP contribution < -0.4 is 10.5 Å². The first kappa shape index (κ1) is 18.8. The molecule has 2 heterocycles. The Morgan fingerprint density at radius 2 is 2.11 bits per heavy atom. The van der Waals surface area contributed by atoms with Crippen LogP contribution in [0.15, 0.2) is 56.5 Å². The fraction of sp³-hybridized carbons (Fsp3) is 0.235. The Morgan fingerprint density at radius 1 is 1.30 bits per heavy atom. The number of furan rings is 1. The summed E-state index contributed by atoms with van der Waals surface area (Å²) in [6.45, 7) is 1.75. The van der Waals surface area contributed by atoms with Gasteiger partial charge in [-0.15, -0.1) is 0 Å². The molecule has 142 valence electrons. The van der Waals surface area contributed by atoms with E-state index in [1.54, 1.807) is 31.2 Å².